The monoisotopic (exact) mass is 446 g/mol. The molecule has 0 N–H and O–H groups in total. The first-order valence-corrected chi connectivity index (χ1v) is 11.8. The zero-order valence-electron chi connectivity index (χ0n) is 20.2. The third-order valence-corrected chi connectivity index (χ3v) is 5.62. The van der Waals surface area contributed by atoms with E-state index in [1.54, 1.807) is 0 Å². The lowest BCUT2D eigenvalue weighted by atomic mass is 9.91. The molecule has 0 aliphatic carbocycles. The van der Waals surface area contributed by atoms with Crippen molar-refractivity contribution >= 4 is 6.08 Å². The molecule has 3 rings (SSSR count). The zero-order chi connectivity index (χ0) is 23.8. The Hall–Kier alpha value is -3.07. The molecule has 0 aliphatic rings. The fourth-order valence-electron chi connectivity index (χ4n) is 3.61. The summed E-state index contributed by atoms with van der Waals surface area (Å²) >= 11 is 0. The quantitative estimate of drug-likeness (QED) is 0.293. The van der Waals surface area contributed by atoms with Crippen molar-refractivity contribution < 1.29 is 13.9 Å². The molecule has 3 aromatic rings. The first-order chi connectivity index (χ1) is 15.9. The van der Waals surface area contributed by atoms with Gasteiger partial charge in [-0.2, -0.15) is 0 Å². The Balaban J connectivity index is 2.15. The normalized spacial score (nSPS) is 11.1. The molecule has 0 fully saturated rings. The van der Waals surface area contributed by atoms with Gasteiger partial charge in [0, 0.05) is 0 Å². The van der Waals surface area contributed by atoms with Crippen LogP contribution in [0.5, 0.6) is 11.5 Å². The molecule has 0 radical (unpaired) electrons. The van der Waals surface area contributed by atoms with E-state index >= 15 is 0 Å². The van der Waals surface area contributed by atoms with Crippen molar-refractivity contribution in [2.75, 3.05) is 13.2 Å². The molecule has 0 heterocycles. The van der Waals surface area contributed by atoms with Crippen LogP contribution in [0.4, 0.5) is 4.39 Å². The number of hydrogen-bond donors (Lipinski definition) is 0. The Morgan fingerprint density at radius 3 is 1.85 bits per heavy atom. The van der Waals surface area contributed by atoms with Gasteiger partial charge in [0.15, 0.2) is 11.5 Å². The topological polar surface area (TPSA) is 18.5 Å². The molecule has 0 amide bonds. The van der Waals surface area contributed by atoms with Crippen molar-refractivity contribution in [2.24, 2.45) is 11.8 Å². The van der Waals surface area contributed by atoms with Gasteiger partial charge in [0.05, 0.1) is 13.2 Å². The standard InChI is InChI=1S/C30H35FO2/c1-6-23-9-7-8-10-26(23)28-20-30(33-18-16-22(4)5)29(32-17-15-21(2)3)19-27(28)24-11-13-25(31)14-12-24/h6-14,19-22H,1,15-18H2,2-5H3. The number of ether oxygens (including phenoxy) is 2. The summed E-state index contributed by atoms with van der Waals surface area (Å²) in [5.41, 5.74) is 4.98. The molecule has 33 heavy (non-hydrogen) atoms. The predicted molar refractivity (Wildman–Crippen MR) is 137 cm³/mol. The van der Waals surface area contributed by atoms with E-state index in [0.29, 0.717) is 25.0 Å². The lowest BCUT2D eigenvalue weighted by Crippen LogP contribution is -2.06. The zero-order valence-corrected chi connectivity index (χ0v) is 20.2. The van der Waals surface area contributed by atoms with E-state index in [4.69, 9.17) is 9.47 Å². The van der Waals surface area contributed by atoms with Gasteiger partial charge in [-0.25, -0.2) is 4.39 Å². The van der Waals surface area contributed by atoms with Gasteiger partial charge < -0.3 is 9.47 Å². The van der Waals surface area contributed by atoms with Gasteiger partial charge in [0.1, 0.15) is 5.82 Å². The fraction of sp³-hybridized carbons (Fsp3) is 0.333. The molecule has 174 valence electrons. The highest BCUT2D eigenvalue weighted by molar-refractivity contribution is 5.89. The Morgan fingerprint density at radius 1 is 0.758 bits per heavy atom. The smallest absolute Gasteiger partial charge is 0.161 e. The van der Waals surface area contributed by atoms with Crippen molar-refractivity contribution in [3.63, 3.8) is 0 Å². The van der Waals surface area contributed by atoms with Crippen molar-refractivity contribution in [1.29, 1.82) is 0 Å². The summed E-state index contributed by atoms with van der Waals surface area (Å²) in [6.45, 7) is 14.0. The van der Waals surface area contributed by atoms with Crippen LogP contribution in [0.25, 0.3) is 28.3 Å². The van der Waals surface area contributed by atoms with Gasteiger partial charge in [-0.3, -0.25) is 0 Å². The number of hydrogen-bond acceptors (Lipinski definition) is 2. The summed E-state index contributed by atoms with van der Waals surface area (Å²) in [6.07, 6.45) is 3.78. The van der Waals surface area contributed by atoms with E-state index in [2.05, 4.69) is 46.4 Å². The maximum atomic E-state index is 13.7. The number of halogens is 1. The van der Waals surface area contributed by atoms with Gasteiger partial charge in [-0.1, -0.05) is 76.7 Å². The van der Waals surface area contributed by atoms with Crippen molar-refractivity contribution in [1.82, 2.24) is 0 Å². The maximum absolute atomic E-state index is 13.7. The first kappa shape index (κ1) is 24.6. The van der Waals surface area contributed by atoms with Crippen LogP contribution in [0.15, 0.2) is 67.2 Å². The second kappa shape index (κ2) is 11.7. The van der Waals surface area contributed by atoms with Crippen LogP contribution in [0.1, 0.15) is 46.1 Å². The average molecular weight is 447 g/mol. The van der Waals surface area contributed by atoms with Gasteiger partial charge in [-0.15, -0.1) is 0 Å². The molecule has 0 saturated heterocycles. The third-order valence-electron chi connectivity index (χ3n) is 5.62. The molecule has 0 aromatic heterocycles. The van der Waals surface area contributed by atoms with Crippen molar-refractivity contribution in [3.8, 4) is 33.8 Å². The fourth-order valence-corrected chi connectivity index (χ4v) is 3.61. The lowest BCUT2D eigenvalue weighted by Gasteiger charge is -2.20. The summed E-state index contributed by atoms with van der Waals surface area (Å²) in [6, 6.07) is 18.8. The van der Waals surface area contributed by atoms with Gasteiger partial charge in [0.25, 0.3) is 0 Å². The minimum absolute atomic E-state index is 0.256. The molecule has 0 saturated carbocycles. The van der Waals surface area contributed by atoms with Crippen LogP contribution in [0, 0.1) is 17.7 Å². The largest absolute Gasteiger partial charge is 0.490 e. The summed E-state index contributed by atoms with van der Waals surface area (Å²) in [5, 5.41) is 0. The van der Waals surface area contributed by atoms with Crippen LogP contribution >= 0.6 is 0 Å². The molecule has 0 atom stereocenters. The Morgan fingerprint density at radius 2 is 1.30 bits per heavy atom. The minimum atomic E-state index is -0.256. The van der Waals surface area contributed by atoms with Crippen LogP contribution in [-0.4, -0.2) is 13.2 Å². The first-order valence-electron chi connectivity index (χ1n) is 11.8. The van der Waals surface area contributed by atoms with Gasteiger partial charge >= 0.3 is 0 Å². The molecular weight excluding hydrogens is 411 g/mol. The Bertz CT molecular complexity index is 1050. The van der Waals surface area contributed by atoms with Crippen LogP contribution in [-0.2, 0) is 0 Å². The molecule has 0 aliphatic heterocycles. The Labute approximate surface area is 198 Å². The Kier molecular flexibility index (Phi) is 8.71. The molecule has 3 aromatic carbocycles. The number of rotatable bonds is 11. The third kappa shape index (κ3) is 6.71. The van der Waals surface area contributed by atoms with E-state index < -0.39 is 0 Å². The second-order valence-electron chi connectivity index (χ2n) is 9.20. The van der Waals surface area contributed by atoms with Gasteiger partial charge in [-0.05, 0) is 76.8 Å². The highest BCUT2D eigenvalue weighted by atomic mass is 19.1. The molecular formula is C30H35FO2. The van der Waals surface area contributed by atoms with E-state index in [-0.39, 0.29) is 5.82 Å². The summed E-state index contributed by atoms with van der Waals surface area (Å²) in [5.74, 6) is 2.30. The molecule has 0 spiro atoms. The van der Waals surface area contributed by atoms with Crippen LogP contribution in [0.3, 0.4) is 0 Å². The molecule has 3 heteroatoms. The van der Waals surface area contributed by atoms with Crippen LogP contribution < -0.4 is 9.47 Å². The van der Waals surface area contributed by atoms with Crippen molar-refractivity contribution in [2.45, 2.75) is 40.5 Å². The summed E-state index contributed by atoms with van der Waals surface area (Å²) < 4.78 is 26.1. The average Bonchev–Trinajstić information content (AvgIpc) is 2.79. The predicted octanol–water partition coefficient (Wildman–Crippen LogP) is 8.65. The van der Waals surface area contributed by atoms with Gasteiger partial charge in [0.2, 0.25) is 0 Å². The second-order valence-corrected chi connectivity index (χ2v) is 9.20. The molecule has 0 bridgehead atoms. The minimum Gasteiger partial charge on any atom is -0.490 e. The highest BCUT2D eigenvalue weighted by Crippen LogP contribution is 2.42. The summed E-state index contributed by atoms with van der Waals surface area (Å²) in [7, 11) is 0. The molecule has 2 nitrogen and oxygen atoms in total. The molecule has 0 unspecified atom stereocenters. The lowest BCUT2D eigenvalue weighted by molar-refractivity contribution is 0.247. The van der Waals surface area contributed by atoms with E-state index in [1.807, 2.05) is 42.5 Å². The SMILES string of the molecule is C=Cc1ccccc1-c1cc(OCCC(C)C)c(OCCC(C)C)cc1-c1ccc(F)cc1. The van der Waals surface area contributed by atoms with Crippen LogP contribution in [0.2, 0.25) is 0 Å². The van der Waals surface area contributed by atoms with E-state index in [9.17, 15) is 4.39 Å². The summed E-state index contributed by atoms with van der Waals surface area (Å²) in [4.78, 5) is 0. The van der Waals surface area contributed by atoms with Crippen molar-refractivity contribution in [3.05, 3.63) is 78.6 Å². The highest BCUT2D eigenvalue weighted by Gasteiger charge is 2.17. The van der Waals surface area contributed by atoms with E-state index in [1.165, 1.54) is 12.1 Å². The number of benzene rings is 3. The maximum Gasteiger partial charge on any atom is 0.161 e. The van der Waals surface area contributed by atoms with E-state index in [0.717, 1.165) is 52.2 Å².